The first kappa shape index (κ1) is 31.1. The number of hydrogen-bond donors (Lipinski definition) is 2. The molecule has 8 heteroatoms. The average Bonchev–Trinajstić information content (AvgIpc) is 3.80. The third-order valence-corrected chi connectivity index (χ3v) is 7.85. The van der Waals surface area contributed by atoms with Gasteiger partial charge in [-0.1, -0.05) is 26.0 Å². The normalized spacial score (nSPS) is 17.2. The van der Waals surface area contributed by atoms with Crippen molar-refractivity contribution in [3.63, 3.8) is 0 Å². The van der Waals surface area contributed by atoms with E-state index in [0.717, 1.165) is 64.5 Å². The number of H-pyrrole nitrogens is 2. The number of aryl methyl sites for hydroxylation is 1. The van der Waals surface area contributed by atoms with Gasteiger partial charge in [-0.25, -0.2) is 9.59 Å². The number of nitrogens with zero attached hydrogens (tertiary/aromatic N) is 2. The summed E-state index contributed by atoms with van der Waals surface area (Å²) in [6, 6.07) is 11.5. The zero-order valence-electron chi connectivity index (χ0n) is 25.5. The largest absolute Gasteiger partial charge is 0.423 e. The van der Waals surface area contributed by atoms with Crippen LogP contribution in [0, 0.1) is 6.92 Å². The summed E-state index contributed by atoms with van der Waals surface area (Å²) in [5.74, 6) is -0.358. The third kappa shape index (κ3) is 7.69. The number of likely N-dealkylation sites (tertiary alicyclic amines) is 2. The Morgan fingerprint density at radius 3 is 1.95 bits per heavy atom. The molecular formula is C34H44N4O4. The van der Waals surface area contributed by atoms with E-state index < -0.39 is 11.9 Å². The van der Waals surface area contributed by atoms with Crippen molar-refractivity contribution in [2.24, 2.45) is 0 Å². The highest BCUT2D eigenvalue weighted by Crippen LogP contribution is 2.32. The van der Waals surface area contributed by atoms with Gasteiger partial charge in [-0.05, 0) is 108 Å². The van der Waals surface area contributed by atoms with Crippen molar-refractivity contribution in [1.82, 2.24) is 19.8 Å². The van der Waals surface area contributed by atoms with Gasteiger partial charge < -0.3 is 29.2 Å². The van der Waals surface area contributed by atoms with Gasteiger partial charge in [0.2, 0.25) is 0 Å². The zero-order chi connectivity index (χ0) is 30.1. The van der Waals surface area contributed by atoms with Gasteiger partial charge in [0, 0.05) is 52.4 Å². The Hall–Kier alpha value is -3.88. The predicted molar refractivity (Wildman–Crippen MR) is 169 cm³/mol. The quantitative estimate of drug-likeness (QED) is 0.158. The molecule has 2 saturated heterocycles. The molecule has 0 saturated carbocycles. The Kier molecular flexibility index (Phi) is 11.0. The summed E-state index contributed by atoms with van der Waals surface area (Å²) < 4.78 is 11.1. The van der Waals surface area contributed by atoms with Crippen molar-refractivity contribution in [3.8, 4) is 11.5 Å². The molecule has 0 spiro atoms. The smallest absolute Gasteiger partial charge is 0.336 e. The minimum Gasteiger partial charge on any atom is -0.423 e. The van der Waals surface area contributed by atoms with Crippen LogP contribution in [0.3, 0.4) is 0 Å². The Morgan fingerprint density at radius 2 is 1.40 bits per heavy atom. The molecule has 0 radical (unpaired) electrons. The summed E-state index contributed by atoms with van der Waals surface area (Å²) in [4.78, 5) is 36.0. The topological polar surface area (TPSA) is 90.7 Å². The van der Waals surface area contributed by atoms with Crippen molar-refractivity contribution in [1.29, 1.82) is 0 Å². The zero-order valence-corrected chi connectivity index (χ0v) is 25.5. The molecule has 2 N–H and O–H groups in total. The van der Waals surface area contributed by atoms with Gasteiger partial charge >= 0.3 is 11.9 Å². The van der Waals surface area contributed by atoms with Crippen molar-refractivity contribution >= 4 is 33.7 Å². The van der Waals surface area contributed by atoms with E-state index in [1.807, 2.05) is 51.4 Å². The number of hydrogen-bond acceptors (Lipinski definition) is 6. The lowest BCUT2D eigenvalue weighted by molar-refractivity contribution is -0.131. The first-order valence-electron chi connectivity index (χ1n) is 15.0. The molecule has 4 heterocycles. The van der Waals surface area contributed by atoms with Gasteiger partial charge in [0.15, 0.2) is 0 Å². The standard InChI is InChI=1S/C27H27N3O4.C5H11N.C2H6/c1-17-15-28-20-7-3-9-22(26(17)20)33-24(31)11-12-25(32)34-23-10-4-8-21-27(23)18(16-29-21)14-19-6-5-13-30(19)2;1-6-4-2-3-5-6;1-2/h3-4,7-12,15-16,19,28-29H,5-6,13-14H2,1-2H3;2-5H2,1H3;1-2H3/b12-11+;;/t19-;;/m1../s1. The number of esters is 2. The van der Waals surface area contributed by atoms with Gasteiger partial charge in [-0.2, -0.15) is 0 Å². The number of aromatic nitrogens is 2. The minimum atomic E-state index is -0.644. The molecule has 2 fully saturated rings. The maximum absolute atomic E-state index is 12.5. The summed E-state index contributed by atoms with van der Waals surface area (Å²) >= 11 is 0. The van der Waals surface area contributed by atoms with Crippen molar-refractivity contribution in [2.75, 3.05) is 33.7 Å². The van der Waals surface area contributed by atoms with Crippen LogP contribution in [0.4, 0.5) is 0 Å². The van der Waals surface area contributed by atoms with Gasteiger partial charge in [0.1, 0.15) is 11.5 Å². The molecular weight excluding hydrogens is 528 g/mol. The molecule has 8 nitrogen and oxygen atoms in total. The van der Waals surface area contributed by atoms with E-state index in [1.54, 1.807) is 18.2 Å². The summed E-state index contributed by atoms with van der Waals surface area (Å²) in [6.07, 6.45) is 12.1. The van der Waals surface area contributed by atoms with Crippen LogP contribution >= 0.6 is 0 Å². The summed E-state index contributed by atoms with van der Waals surface area (Å²) in [5, 5.41) is 1.74. The molecule has 42 heavy (non-hydrogen) atoms. The second-order valence-corrected chi connectivity index (χ2v) is 10.8. The number of rotatable bonds is 6. The fourth-order valence-electron chi connectivity index (χ4n) is 5.65. The Bertz CT molecular complexity index is 1510. The number of benzene rings is 2. The van der Waals surface area contributed by atoms with Crippen LogP contribution in [0.25, 0.3) is 21.8 Å². The molecule has 4 aromatic rings. The Labute approximate surface area is 248 Å². The molecule has 224 valence electrons. The third-order valence-electron chi connectivity index (χ3n) is 7.85. The molecule has 0 bridgehead atoms. The van der Waals surface area contributed by atoms with Gasteiger partial charge in [0.25, 0.3) is 0 Å². The summed E-state index contributed by atoms with van der Waals surface area (Å²) in [7, 11) is 4.32. The lowest BCUT2D eigenvalue weighted by Crippen LogP contribution is -2.26. The van der Waals surface area contributed by atoms with E-state index in [1.165, 1.54) is 32.4 Å². The van der Waals surface area contributed by atoms with Crippen LogP contribution in [-0.2, 0) is 16.0 Å². The van der Waals surface area contributed by atoms with Gasteiger partial charge in [-0.15, -0.1) is 0 Å². The van der Waals surface area contributed by atoms with Crippen LogP contribution in [0.5, 0.6) is 11.5 Å². The van der Waals surface area contributed by atoms with E-state index in [9.17, 15) is 9.59 Å². The number of fused-ring (bicyclic) bond motifs is 2. The van der Waals surface area contributed by atoms with Crippen molar-refractivity contribution in [2.45, 2.75) is 58.9 Å². The SMILES string of the molecule is CC.CN1CCCC1.Cc1c[nH]c2cccc(OC(=O)/C=C/C(=O)Oc3cccc4[nH]cc(C[C@H]5CCCN5C)c34)c12. The van der Waals surface area contributed by atoms with Crippen LogP contribution in [0.1, 0.15) is 50.7 Å². The van der Waals surface area contributed by atoms with Crippen molar-refractivity contribution in [3.05, 3.63) is 72.1 Å². The first-order chi connectivity index (χ1) is 20.4. The highest BCUT2D eigenvalue weighted by atomic mass is 16.5. The number of carbonyl (C=O) groups excluding carboxylic acids is 2. The number of nitrogens with one attached hydrogen (secondary N) is 2. The molecule has 2 aromatic heterocycles. The van der Waals surface area contributed by atoms with Crippen LogP contribution < -0.4 is 9.47 Å². The molecule has 6 rings (SSSR count). The monoisotopic (exact) mass is 572 g/mol. The van der Waals surface area contributed by atoms with E-state index in [2.05, 4.69) is 33.9 Å². The van der Waals surface area contributed by atoms with Crippen LogP contribution in [-0.4, -0.2) is 71.5 Å². The van der Waals surface area contributed by atoms with Crippen molar-refractivity contribution < 1.29 is 19.1 Å². The number of aromatic amines is 2. The lowest BCUT2D eigenvalue weighted by atomic mass is 10.0. The molecule has 0 aliphatic carbocycles. The summed E-state index contributed by atoms with van der Waals surface area (Å²) in [5.41, 5.74) is 3.89. The fraction of sp³-hybridized carbons (Fsp3) is 0.412. The number of likely N-dealkylation sites (N-methyl/N-ethyl adjacent to an activating group) is 1. The molecule has 0 unspecified atom stereocenters. The molecule has 2 aliphatic rings. The Morgan fingerprint density at radius 1 is 0.833 bits per heavy atom. The predicted octanol–water partition coefficient (Wildman–Crippen LogP) is 6.40. The number of carbonyl (C=O) groups is 2. The molecule has 2 aromatic carbocycles. The van der Waals surface area contributed by atoms with Gasteiger partial charge in [0.05, 0.1) is 0 Å². The lowest BCUT2D eigenvalue weighted by Gasteiger charge is -2.19. The van der Waals surface area contributed by atoms with Gasteiger partial charge in [-0.3, -0.25) is 0 Å². The number of ether oxygens (including phenoxy) is 2. The fourth-order valence-corrected chi connectivity index (χ4v) is 5.65. The maximum atomic E-state index is 12.5. The van der Waals surface area contributed by atoms with E-state index >= 15 is 0 Å². The van der Waals surface area contributed by atoms with E-state index in [4.69, 9.17) is 9.47 Å². The average molecular weight is 573 g/mol. The molecule has 0 amide bonds. The minimum absolute atomic E-state index is 0.442. The highest BCUT2D eigenvalue weighted by Gasteiger charge is 2.23. The van der Waals surface area contributed by atoms with E-state index in [0.29, 0.717) is 17.5 Å². The second kappa shape index (κ2) is 14.8. The van der Waals surface area contributed by atoms with Crippen LogP contribution in [0.2, 0.25) is 0 Å². The molecule has 1 atom stereocenters. The van der Waals surface area contributed by atoms with Crippen LogP contribution in [0.15, 0.2) is 60.9 Å². The van der Waals surface area contributed by atoms with E-state index in [-0.39, 0.29) is 0 Å². The Balaban J connectivity index is 0.000000445. The maximum Gasteiger partial charge on any atom is 0.336 e. The highest BCUT2D eigenvalue weighted by molar-refractivity contribution is 5.98. The first-order valence-corrected chi connectivity index (χ1v) is 15.0. The second-order valence-electron chi connectivity index (χ2n) is 10.8. The molecule has 2 aliphatic heterocycles. The summed E-state index contributed by atoms with van der Waals surface area (Å²) in [6.45, 7) is 9.68.